The Morgan fingerprint density at radius 2 is 1.56 bits per heavy atom. The molecule has 0 bridgehead atoms. The van der Waals surface area contributed by atoms with E-state index < -0.39 is 17.1 Å². The summed E-state index contributed by atoms with van der Waals surface area (Å²) >= 11 is 0. The van der Waals surface area contributed by atoms with Gasteiger partial charge in [0, 0.05) is 0 Å². The van der Waals surface area contributed by atoms with Gasteiger partial charge in [-0.3, -0.25) is 9.59 Å². The van der Waals surface area contributed by atoms with Crippen molar-refractivity contribution < 1.29 is 19.1 Å². The van der Waals surface area contributed by atoms with Gasteiger partial charge in [0.2, 0.25) is 5.88 Å². The van der Waals surface area contributed by atoms with Crippen LogP contribution >= 0.6 is 0 Å². The van der Waals surface area contributed by atoms with Crippen LogP contribution in [0.25, 0.3) is 11.0 Å². The van der Waals surface area contributed by atoms with Crippen LogP contribution in [0.4, 0.5) is 0 Å². The molecule has 2 heterocycles. The number of hydrogen-bond acceptors (Lipinski definition) is 6. The molecular weight excluding hydrogens is 404 g/mol. The Balaban J connectivity index is 1.56. The van der Waals surface area contributed by atoms with Crippen molar-refractivity contribution in [2.45, 2.75) is 63.6 Å². The van der Waals surface area contributed by atoms with Gasteiger partial charge in [-0.2, -0.15) is 0 Å². The summed E-state index contributed by atoms with van der Waals surface area (Å²) in [7, 11) is 0. The van der Waals surface area contributed by atoms with Gasteiger partial charge in [-0.1, -0.05) is 18.2 Å². The van der Waals surface area contributed by atoms with Gasteiger partial charge in [0.15, 0.2) is 11.6 Å². The minimum Gasteiger partial charge on any atom is -0.437 e. The lowest BCUT2D eigenvalue weighted by Gasteiger charge is -2.43. The number of fused-ring (bicyclic) bond motifs is 1. The molecule has 5 rings (SSSR count). The maximum atomic E-state index is 13.3. The molecule has 1 aliphatic heterocycles. The van der Waals surface area contributed by atoms with Crippen molar-refractivity contribution in [2.24, 2.45) is 0 Å². The molecule has 0 atom stereocenters. The summed E-state index contributed by atoms with van der Waals surface area (Å²) in [5.74, 6) is -0.0571. The molecule has 164 valence electrons. The molecule has 0 amide bonds. The molecule has 0 unspecified atom stereocenters. The van der Waals surface area contributed by atoms with Gasteiger partial charge in [-0.25, -0.2) is 9.97 Å². The first kappa shape index (κ1) is 20.8. The fourth-order valence-corrected chi connectivity index (χ4v) is 4.58. The molecule has 1 saturated heterocycles. The van der Waals surface area contributed by atoms with Crippen LogP contribution in [-0.4, -0.2) is 32.7 Å². The lowest BCUT2D eigenvalue weighted by molar-refractivity contribution is -0.184. The number of nitrogens with zero attached hydrogens (tertiary/aromatic N) is 2. The summed E-state index contributed by atoms with van der Waals surface area (Å²) in [6.45, 7) is 6.94. The van der Waals surface area contributed by atoms with E-state index in [9.17, 15) is 9.59 Å². The number of hydrogen-bond donors (Lipinski definition) is 0. The van der Waals surface area contributed by atoms with Crippen LogP contribution in [0.2, 0.25) is 0 Å². The molecule has 3 aromatic rings. The van der Waals surface area contributed by atoms with Gasteiger partial charge in [-0.05, 0) is 81.8 Å². The first-order chi connectivity index (χ1) is 15.2. The topological polar surface area (TPSA) is 78.4 Å². The van der Waals surface area contributed by atoms with Gasteiger partial charge in [-0.15, -0.1) is 0 Å². The Hall–Kier alpha value is -3.12. The van der Waals surface area contributed by atoms with Gasteiger partial charge in [0.05, 0.1) is 17.2 Å². The average molecular weight is 431 g/mol. The van der Waals surface area contributed by atoms with Crippen LogP contribution in [0.15, 0.2) is 48.7 Å². The summed E-state index contributed by atoms with van der Waals surface area (Å²) in [6.07, 6.45) is 3.69. The van der Waals surface area contributed by atoms with E-state index in [1.807, 2.05) is 42.5 Å². The molecule has 6 nitrogen and oxygen atoms in total. The number of ketones is 2. The molecule has 1 aliphatic carbocycles. The van der Waals surface area contributed by atoms with Crippen LogP contribution in [0, 0.1) is 0 Å². The second kappa shape index (κ2) is 7.20. The maximum Gasteiger partial charge on any atom is 0.238 e. The summed E-state index contributed by atoms with van der Waals surface area (Å²) in [5.41, 5.74) is 1.18. The fraction of sp³-hybridized carbons (Fsp3) is 0.385. The number of Topliss-reactive ketones (excluding diaryl/α,β-unsaturated/α-hetero) is 2. The second-order valence-corrected chi connectivity index (χ2v) is 9.65. The van der Waals surface area contributed by atoms with E-state index in [2.05, 4.69) is 9.97 Å². The lowest BCUT2D eigenvalue weighted by atomic mass is 9.73. The lowest BCUT2D eigenvalue weighted by Crippen LogP contribution is -2.58. The Bertz CT molecular complexity index is 1220. The van der Waals surface area contributed by atoms with E-state index in [1.165, 1.54) is 0 Å². The van der Waals surface area contributed by atoms with Gasteiger partial charge in [0.25, 0.3) is 0 Å². The molecule has 6 heteroatoms. The van der Waals surface area contributed by atoms with Crippen LogP contribution < -0.4 is 4.74 Å². The van der Waals surface area contributed by atoms with Gasteiger partial charge >= 0.3 is 0 Å². The number of aromatic nitrogens is 2. The SMILES string of the molecule is CC1(C)OC(C)(C)C(=O)C(c2cc(Oc3cnc4ccccc4n3)ccc2C2CC2)C1=O. The van der Waals surface area contributed by atoms with Crippen molar-refractivity contribution in [3.05, 3.63) is 59.8 Å². The zero-order chi connectivity index (χ0) is 22.7. The highest BCUT2D eigenvalue weighted by atomic mass is 16.5. The van der Waals surface area contributed by atoms with Crippen LogP contribution in [-0.2, 0) is 14.3 Å². The monoisotopic (exact) mass is 430 g/mol. The molecule has 2 aliphatic rings. The molecule has 1 aromatic heterocycles. The van der Waals surface area contributed by atoms with Crippen molar-refractivity contribution >= 4 is 22.6 Å². The summed E-state index contributed by atoms with van der Waals surface area (Å²) in [6, 6.07) is 13.2. The standard InChI is InChI=1S/C26H26N2O4/c1-25(2)23(29)22(24(30)26(3,4)32-25)18-13-16(11-12-17(18)15-9-10-15)31-21-14-27-19-7-5-6-8-20(19)28-21/h5-8,11-15,22H,9-10H2,1-4H3. The van der Waals surface area contributed by atoms with Crippen molar-refractivity contribution in [1.29, 1.82) is 0 Å². The van der Waals surface area contributed by atoms with Crippen molar-refractivity contribution in [1.82, 2.24) is 9.97 Å². The predicted molar refractivity (Wildman–Crippen MR) is 120 cm³/mol. The van der Waals surface area contributed by atoms with Crippen molar-refractivity contribution in [3.63, 3.8) is 0 Å². The number of benzene rings is 2. The third-order valence-electron chi connectivity index (χ3n) is 6.26. The number of carbonyl (C=O) groups excluding carboxylic acids is 2. The Morgan fingerprint density at radius 3 is 2.22 bits per heavy atom. The van der Waals surface area contributed by atoms with E-state index in [0.29, 0.717) is 17.5 Å². The van der Waals surface area contributed by atoms with Crippen molar-refractivity contribution in [3.8, 4) is 11.6 Å². The highest BCUT2D eigenvalue weighted by Gasteiger charge is 2.53. The van der Waals surface area contributed by atoms with Gasteiger partial charge < -0.3 is 9.47 Å². The Kier molecular flexibility index (Phi) is 4.67. The first-order valence-corrected chi connectivity index (χ1v) is 11.0. The minimum absolute atomic E-state index is 0.216. The number of ether oxygens (including phenoxy) is 2. The zero-order valence-corrected chi connectivity index (χ0v) is 18.7. The zero-order valence-electron chi connectivity index (χ0n) is 18.7. The largest absolute Gasteiger partial charge is 0.437 e. The third-order valence-corrected chi connectivity index (χ3v) is 6.26. The fourth-order valence-electron chi connectivity index (χ4n) is 4.58. The molecular formula is C26H26N2O4. The highest BCUT2D eigenvalue weighted by Crippen LogP contribution is 2.47. The Morgan fingerprint density at radius 1 is 0.906 bits per heavy atom. The second-order valence-electron chi connectivity index (χ2n) is 9.65. The highest BCUT2D eigenvalue weighted by molar-refractivity contribution is 6.15. The molecule has 0 N–H and O–H groups in total. The average Bonchev–Trinajstić information content (AvgIpc) is 3.58. The minimum atomic E-state index is -1.05. The number of carbonyl (C=O) groups is 2. The predicted octanol–water partition coefficient (Wildman–Crippen LogP) is 5.11. The molecule has 32 heavy (non-hydrogen) atoms. The van der Waals surface area contributed by atoms with Crippen LogP contribution in [0.5, 0.6) is 11.6 Å². The van der Waals surface area contributed by atoms with E-state index in [-0.39, 0.29) is 11.6 Å². The van der Waals surface area contributed by atoms with E-state index in [0.717, 1.165) is 35.0 Å². The quantitative estimate of drug-likeness (QED) is 0.535. The number of rotatable bonds is 4. The molecule has 1 saturated carbocycles. The third kappa shape index (κ3) is 3.58. The molecule has 0 spiro atoms. The summed E-state index contributed by atoms with van der Waals surface area (Å²) in [5, 5.41) is 0. The van der Waals surface area contributed by atoms with E-state index in [1.54, 1.807) is 33.9 Å². The maximum absolute atomic E-state index is 13.3. The smallest absolute Gasteiger partial charge is 0.238 e. The molecule has 2 aromatic carbocycles. The Labute approximate surface area is 187 Å². The summed E-state index contributed by atoms with van der Waals surface area (Å²) in [4.78, 5) is 35.6. The number of para-hydroxylation sites is 2. The van der Waals surface area contributed by atoms with Crippen molar-refractivity contribution in [2.75, 3.05) is 0 Å². The molecule has 0 radical (unpaired) electrons. The summed E-state index contributed by atoms with van der Waals surface area (Å²) < 4.78 is 11.9. The van der Waals surface area contributed by atoms with E-state index in [4.69, 9.17) is 9.47 Å². The normalized spacial score (nSPS) is 20.5. The van der Waals surface area contributed by atoms with E-state index >= 15 is 0 Å². The molecule has 2 fully saturated rings. The van der Waals surface area contributed by atoms with Crippen LogP contribution in [0.1, 0.15) is 63.5 Å². The van der Waals surface area contributed by atoms with Crippen LogP contribution in [0.3, 0.4) is 0 Å². The van der Waals surface area contributed by atoms with Gasteiger partial charge in [0.1, 0.15) is 22.9 Å². The first-order valence-electron chi connectivity index (χ1n) is 11.0.